The van der Waals surface area contributed by atoms with Gasteiger partial charge in [0.15, 0.2) is 11.9 Å². The lowest BCUT2D eigenvalue weighted by Gasteiger charge is -2.15. The van der Waals surface area contributed by atoms with Crippen LogP contribution in [0, 0.1) is 0 Å². The van der Waals surface area contributed by atoms with Gasteiger partial charge in [-0.05, 0) is 51.2 Å². The second-order valence-electron chi connectivity index (χ2n) is 7.47. The fourth-order valence-corrected chi connectivity index (χ4v) is 3.42. The standard InChI is InChI=1S/C25H27NO4/c1-18(24(28)26-17-16-19-8-4-2-5-9-19)30-25(29)22-14-12-21(13-15-22)23(27)20-10-6-3-7-11-20/h3,6-8,10-15,18H,2,4-5,9,16-17H2,1H3,(H,26,28)/t18-/m1/s1. The summed E-state index contributed by atoms with van der Waals surface area (Å²) in [5.41, 5.74) is 2.76. The van der Waals surface area contributed by atoms with Gasteiger partial charge in [-0.1, -0.05) is 54.1 Å². The summed E-state index contributed by atoms with van der Waals surface area (Å²) in [5, 5.41) is 2.83. The minimum atomic E-state index is -0.886. The number of hydrogen-bond acceptors (Lipinski definition) is 4. The molecule has 1 amide bonds. The van der Waals surface area contributed by atoms with Crippen molar-refractivity contribution in [3.05, 3.63) is 82.9 Å². The molecule has 1 atom stereocenters. The Morgan fingerprint density at radius 2 is 1.60 bits per heavy atom. The molecule has 0 saturated heterocycles. The maximum Gasteiger partial charge on any atom is 0.338 e. The molecule has 2 aromatic carbocycles. The first-order valence-corrected chi connectivity index (χ1v) is 10.4. The van der Waals surface area contributed by atoms with Crippen molar-refractivity contribution in [2.45, 2.75) is 45.1 Å². The second kappa shape index (κ2) is 10.5. The van der Waals surface area contributed by atoms with Crippen molar-refractivity contribution >= 4 is 17.7 Å². The summed E-state index contributed by atoms with van der Waals surface area (Å²) >= 11 is 0. The molecule has 1 aliphatic rings. The van der Waals surface area contributed by atoms with Crippen LogP contribution in [0.2, 0.25) is 0 Å². The number of nitrogens with one attached hydrogen (secondary N) is 1. The molecule has 0 radical (unpaired) electrons. The third kappa shape index (κ3) is 5.89. The Balaban J connectivity index is 1.49. The van der Waals surface area contributed by atoms with Gasteiger partial charge in [0.25, 0.3) is 5.91 Å². The normalized spacial score (nSPS) is 14.4. The van der Waals surface area contributed by atoms with Gasteiger partial charge >= 0.3 is 5.97 Å². The monoisotopic (exact) mass is 405 g/mol. The van der Waals surface area contributed by atoms with E-state index >= 15 is 0 Å². The van der Waals surface area contributed by atoms with Crippen LogP contribution in [0.25, 0.3) is 0 Å². The molecule has 2 aromatic rings. The first-order chi connectivity index (χ1) is 14.5. The van der Waals surface area contributed by atoms with Gasteiger partial charge in [-0.15, -0.1) is 0 Å². The minimum Gasteiger partial charge on any atom is -0.449 e. The molecule has 0 heterocycles. The van der Waals surface area contributed by atoms with Gasteiger partial charge in [0.2, 0.25) is 0 Å². The highest BCUT2D eigenvalue weighted by Crippen LogP contribution is 2.19. The third-order valence-corrected chi connectivity index (χ3v) is 5.20. The molecule has 0 spiro atoms. The first-order valence-electron chi connectivity index (χ1n) is 10.4. The lowest BCUT2D eigenvalue weighted by Crippen LogP contribution is -2.36. The predicted octanol–water partition coefficient (Wildman–Crippen LogP) is 4.47. The van der Waals surface area contributed by atoms with Crippen LogP contribution in [0.15, 0.2) is 66.2 Å². The molecule has 0 aliphatic heterocycles. The lowest BCUT2D eigenvalue weighted by atomic mass is 9.97. The first kappa shape index (κ1) is 21.5. The van der Waals surface area contributed by atoms with E-state index < -0.39 is 12.1 Å². The van der Waals surface area contributed by atoms with E-state index in [4.69, 9.17) is 4.74 Å². The van der Waals surface area contributed by atoms with Gasteiger partial charge in [-0.3, -0.25) is 9.59 Å². The van der Waals surface area contributed by atoms with Crippen LogP contribution in [0.5, 0.6) is 0 Å². The molecule has 0 unspecified atom stereocenters. The summed E-state index contributed by atoms with van der Waals surface area (Å²) in [5.74, 6) is -1.02. The van der Waals surface area contributed by atoms with Crippen molar-refractivity contribution < 1.29 is 19.1 Å². The van der Waals surface area contributed by atoms with Crippen LogP contribution < -0.4 is 5.32 Å². The molecule has 1 N–H and O–H groups in total. The summed E-state index contributed by atoms with van der Waals surface area (Å²) in [6.45, 7) is 2.10. The highest BCUT2D eigenvalue weighted by Gasteiger charge is 2.19. The Morgan fingerprint density at radius 1 is 0.933 bits per heavy atom. The van der Waals surface area contributed by atoms with Crippen molar-refractivity contribution in [3.63, 3.8) is 0 Å². The van der Waals surface area contributed by atoms with Gasteiger partial charge < -0.3 is 10.1 Å². The van der Waals surface area contributed by atoms with Crippen molar-refractivity contribution in [2.75, 3.05) is 6.54 Å². The quantitative estimate of drug-likeness (QED) is 0.400. The zero-order valence-corrected chi connectivity index (χ0v) is 17.2. The van der Waals surface area contributed by atoms with Crippen LogP contribution in [-0.2, 0) is 9.53 Å². The van der Waals surface area contributed by atoms with Gasteiger partial charge in [-0.2, -0.15) is 0 Å². The van der Waals surface area contributed by atoms with Gasteiger partial charge in [0, 0.05) is 17.7 Å². The Bertz CT molecular complexity index is 916. The predicted molar refractivity (Wildman–Crippen MR) is 115 cm³/mol. The van der Waals surface area contributed by atoms with Crippen molar-refractivity contribution in [1.82, 2.24) is 5.32 Å². The molecule has 0 aromatic heterocycles. The van der Waals surface area contributed by atoms with E-state index in [0.29, 0.717) is 23.2 Å². The Kier molecular flexibility index (Phi) is 7.55. The number of hydrogen-bond donors (Lipinski definition) is 1. The molecule has 156 valence electrons. The number of benzene rings is 2. The number of ether oxygens (including phenoxy) is 1. The van der Waals surface area contributed by atoms with E-state index in [2.05, 4.69) is 11.4 Å². The number of rotatable bonds is 8. The van der Waals surface area contributed by atoms with Gasteiger partial charge in [-0.25, -0.2) is 4.79 Å². The number of esters is 1. The van der Waals surface area contributed by atoms with Gasteiger partial charge in [0.05, 0.1) is 5.56 Å². The average Bonchev–Trinajstić information content (AvgIpc) is 2.79. The molecule has 5 nitrogen and oxygen atoms in total. The zero-order chi connectivity index (χ0) is 21.3. The summed E-state index contributed by atoms with van der Waals surface area (Å²) < 4.78 is 5.28. The molecule has 0 bridgehead atoms. The maximum absolute atomic E-state index is 12.4. The van der Waals surface area contributed by atoms with Crippen LogP contribution in [-0.4, -0.2) is 30.3 Å². The van der Waals surface area contributed by atoms with Crippen LogP contribution in [0.4, 0.5) is 0 Å². The number of carbonyl (C=O) groups excluding carboxylic acids is 3. The van der Waals surface area contributed by atoms with E-state index in [1.54, 1.807) is 55.5 Å². The SMILES string of the molecule is C[C@@H](OC(=O)c1ccc(C(=O)c2ccccc2)cc1)C(=O)NCCC1=CCCCC1. The number of ketones is 1. The number of amides is 1. The van der Waals surface area contributed by atoms with Crippen LogP contribution in [0.3, 0.4) is 0 Å². The van der Waals surface area contributed by atoms with E-state index in [-0.39, 0.29) is 11.7 Å². The van der Waals surface area contributed by atoms with E-state index in [1.807, 2.05) is 6.07 Å². The van der Waals surface area contributed by atoms with Crippen molar-refractivity contribution in [2.24, 2.45) is 0 Å². The fraction of sp³-hybridized carbons (Fsp3) is 0.320. The van der Waals surface area contributed by atoms with Gasteiger partial charge in [0.1, 0.15) is 0 Å². The maximum atomic E-state index is 12.4. The van der Waals surface area contributed by atoms with E-state index in [0.717, 1.165) is 19.3 Å². The van der Waals surface area contributed by atoms with Crippen molar-refractivity contribution in [1.29, 1.82) is 0 Å². The molecule has 5 heteroatoms. The Labute approximate surface area is 177 Å². The second-order valence-corrected chi connectivity index (χ2v) is 7.47. The number of carbonyl (C=O) groups is 3. The molecular weight excluding hydrogens is 378 g/mol. The third-order valence-electron chi connectivity index (χ3n) is 5.20. The molecule has 0 saturated carbocycles. The van der Waals surface area contributed by atoms with E-state index in [9.17, 15) is 14.4 Å². The lowest BCUT2D eigenvalue weighted by molar-refractivity contribution is -0.129. The molecule has 30 heavy (non-hydrogen) atoms. The molecule has 1 aliphatic carbocycles. The molecular formula is C25H27NO4. The number of allylic oxidation sites excluding steroid dienone is 1. The Morgan fingerprint density at radius 3 is 2.27 bits per heavy atom. The van der Waals surface area contributed by atoms with Crippen LogP contribution >= 0.6 is 0 Å². The summed E-state index contributed by atoms with van der Waals surface area (Å²) in [6.07, 6.45) is 6.88. The topological polar surface area (TPSA) is 72.5 Å². The summed E-state index contributed by atoms with van der Waals surface area (Å²) in [7, 11) is 0. The van der Waals surface area contributed by atoms with Crippen LogP contribution in [0.1, 0.15) is 65.3 Å². The fourth-order valence-electron chi connectivity index (χ4n) is 3.42. The largest absolute Gasteiger partial charge is 0.449 e. The van der Waals surface area contributed by atoms with Crippen molar-refractivity contribution in [3.8, 4) is 0 Å². The highest BCUT2D eigenvalue weighted by molar-refractivity contribution is 6.09. The average molecular weight is 405 g/mol. The summed E-state index contributed by atoms with van der Waals surface area (Å²) in [4.78, 5) is 37.0. The molecule has 0 fully saturated rings. The summed E-state index contributed by atoms with van der Waals surface area (Å²) in [6, 6.07) is 15.2. The minimum absolute atomic E-state index is 0.114. The zero-order valence-electron chi connectivity index (χ0n) is 17.2. The Hall–Kier alpha value is -3.21. The highest BCUT2D eigenvalue weighted by atomic mass is 16.5. The van der Waals surface area contributed by atoms with E-state index in [1.165, 1.54) is 18.4 Å². The molecule has 3 rings (SSSR count). The smallest absolute Gasteiger partial charge is 0.338 e.